The number of hydrogen-bond donors (Lipinski definition) is 4. The van der Waals surface area contributed by atoms with Crippen molar-refractivity contribution in [2.45, 2.75) is 155 Å². The number of aliphatic hydroxyl groups excluding tert-OH is 4. The fourth-order valence-corrected chi connectivity index (χ4v) is 5.29. The van der Waals surface area contributed by atoms with Gasteiger partial charge in [-0.3, -0.25) is 19.2 Å². The Balaban J connectivity index is 2.49. The molecule has 0 aliphatic carbocycles. The van der Waals surface area contributed by atoms with Gasteiger partial charge < -0.3 is 53.6 Å². The zero-order valence-electron chi connectivity index (χ0n) is 29.9. The Hall–Kier alpha value is -2.40. The van der Waals surface area contributed by atoms with E-state index >= 15 is 0 Å². The molecule has 0 aromatic rings. The second kappa shape index (κ2) is 20.4. The Morgan fingerprint density at radius 1 is 0.714 bits per heavy atom. The Labute approximate surface area is 288 Å². The Bertz CT molecular complexity index is 1050. The van der Waals surface area contributed by atoms with Crippen LogP contribution < -0.4 is 0 Å². The summed E-state index contributed by atoms with van der Waals surface area (Å²) in [5, 5.41) is 42.9. The van der Waals surface area contributed by atoms with Crippen molar-refractivity contribution >= 4 is 23.9 Å². The van der Waals surface area contributed by atoms with Crippen LogP contribution in [0, 0.1) is 17.8 Å². The normalized spacial score (nSPS) is 30.1. The maximum atomic E-state index is 13.2. The first-order valence-corrected chi connectivity index (χ1v) is 17.5. The molecule has 4 N–H and O–H groups in total. The van der Waals surface area contributed by atoms with Gasteiger partial charge in [0, 0.05) is 6.42 Å². The first kappa shape index (κ1) is 42.8. The van der Waals surface area contributed by atoms with Gasteiger partial charge in [-0.25, -0.2) is 0 Å². The van der Waals surface area contributed by atoms with E-state index in [4.69, 9.17) is 33.2 Å². The first-order chi connectivity index (χ1) is 23.1. The number of esters is 4. The van der Waals surface area contributed by atoms with Gasteiger partial charge in [-0.15, -0.1) is 0 Å². The zero-order valence-corrected chi connectivity index (χ0v) is 29.9. The van der Waals surface area contributed by atoms with Crippen molar-refractivity contribution in [1.82, 2.24) is 0 Å². The van der Waals surface area contributed by atoms with Gasteiger partial charge in [0.05, 0.1) is 24.4 Å². The molecule has 15 heteroatoms. The van der Waals surface area contributed by atoms with Gasteiger partial charge in [-0.05, 0) is 6.42 Å². The lowest BCUT2D eigenvalue weighted by Gasteiger charge is -2.46. The van der Waals surface area contributed by atoms with Gasteiger partial charge in [0.15, 0.2) is 18.3 Å². The van der Waals surface area contributed by atoms with E-state index in [9.17, 15) is 39.6 Å². The Kier molecular flexibility index (Phi) is 17.8. The third kappa shape index (κ3) is 12.1. The second-order valence-electron chi connectivity index (χ2n) is 13.6. The molecule has 49 heavy (non-hydrogen) atoms. The van der Waals surface area contributed by atoms with Crippen molar-refractivity contribution in [3.05, 3.63) is 0 Å². The van der Waals surface area contributed by atoms with Gasteiger partial charge in [-0.2, -0.15) is 0 Å². The van der Waals surface area contributed by atoms with Crippen molar-refractivity contribution in [1.29, 1.82) is 0 Å². The molecule has 0 spiro atoms. The molecule has 0 aromatic carbocycles. The maximum absolute atomic E-state index is 13.2. The van der Waals surface area contributed by atoms with Gasteiger partial charge >= 0.3 is 23.9 Å². The Morgan fingerprint density at radius 3 is 1.84 bits per heavy atom. The molecule has 0 saturated carbocycles. The lowest BCUT2D eigenvalue weighted by molar-refractivity contribution is -0.384. The summed E-state index contributed by atoms with van der Waals surface area (Å²) in [6.45, 7) is 9.18. The molecular formula is C34H58O15. The minimum atomic E-state index is -2.39. The summed E-state index contributed by atoms with van der Waals surface area (Å²) in [5.41, 5.74) is 0. The van der Waals surface area contributed by atoms with E-state index in [-0.39, 0.29) is 6.42 Å². The zero-order chi connectivity index (χ0) is 36.9. The standard InChI is InChI=1S/C34H58O15/c1-8-9-10-11-12-13-14-15-24(37)45-28-27(46-31(41)20(4)5)25(38)23(17-43-30(40)19(2)3)44-33(28)49-34(18-36)29(47-32(42)21(6)7)26(39)22(16-35)48-34/h19-23,25-29,33,35-36,38-39H,8-18H2,1-7H3/t22-,23-,25-,26+,27+,28-,29-,33+,34-/m0/s1. The molecular weight excluding hydrogens is 648 g/mol. The van der Waals surface area contributed by atoms with Gasteiger partial charge in [0.2, 0.25) is 12.1 Å². The molecule has 9 atom stereocenters. The van der Waals surface area contributed by atoms with Crippen LogP contribution in [0.3, 0.4) is 0 Å². The topological polar surface area (TPSA) is 214 Å². The van der Waals surface area contributed by atoms with E-state index in [1.54, 1.807) is 41.5 Å². The molecule has 2 rings (SSSR count). The van der Waals surface area contributed by atoms with Crippen LogP contribution in [0.4, 0.5) is 0 Å². The number of rotatable bonds is 20. The second-order valence-corrected chi connectivity index (χ2v) is 13.6. The van der Waals surface area contributed by atoms with Crippen LogP contribution in [0.1, 0.15) is 99.8 Å². The highest BCUT2D eigenvalue weighted by molar-refractivity contribution is 5.73. The SMILES string of the molecule is CCCCCCCCCC(=O)O[C@@H]1[C@@H](O[C@]2(CO)O[C@@H](CO)[C@@H](O)[C@@H]2OC(=O)C(C)C)O[C@@H](COC(=O)C(C)C)[C@H](O)[C@H]1OC(=O)C(C)C. The molecule has 2 fully saturated rings. The van der Waals surface area contributed by atoms with E-state index in [2.05, 4.69) is 6.92 Å². The molecule has 0 unspecified atom stereocenters. The Morgan fingerprint density at radius 2 is 1.29 bits per heavy atom. The predicted octanol–water partition coefficient (Wildman–Crippen LogP) is 1.92. The average Bonchev–Trinajstić information content (AvgIpc) is 3.32. The number of unbranched alkanes of at least 4 members (excludes halogenated alkanes) is 6. The summed E-state index contributed by atoms with van der Waals surface area (Å²) in [7, 11) is 0. The van der Waals surface area contributed by atoms with Gasteiger partial charge in [-0.1, -0.05) is 87.0 Å². The number of ether oxygens (including phenoxy) is 7. The summed E-state index contributed by atoms with van der Waals surface area (Å²) in [6.07, 6.45) is -6.45. The lowest BCUT2D eigenvalue weighted by Crippen LogP contribution is -2.65. The molecule has 2 aliphatic heterocycles. The fraction of sp³-hybridized carbons (Fsp3) is 0.882. The number of carbonyl (C=O) groups is 4. The molecule has 284 valence electrons. The monoisotopic (exact) mass is 706 g/mol. The van der Waals surface area contributed by atoms with Crippen LogP contribution >= 0.6 is 0 Å². The minimum Gasteiger partial charge on any atom is -0.463 e. The highest BCUT2D eigenvalue weighted by Gasteiger charge is 2.62. The van der Waals surface area contributed by atoms with Crippen LogP contribution in [0.2, 0.25) is 0 Å². The van der Waals surface area contributed by atoms with E-state index < -0.39 is 116 Å². The third-order valence-corrected chi connectivity index (χ3v) is 8.36. The average molecular weight is 707 g/mol. The lowest BCUT2D eigenvalue weighted by atomic mass is 9.97. The van der Waals surface area contributed by atoms with Crippen molar-refractivity contribution in [3.63, 3.8) is 0 Å². The van der Waals surface area contributed by atoms with Gasteiger partial charge in [0.25, 0.3) is 0 Å². The van der Waals surface area contributed by atoms with Gasteiger partial charge in [0.1, 0.15) is 37.6 Å². The molecule has 2 aliphatic rings. The molecule has 0 amide bonds. The summed E-state index contributed by atoms with van der Waals surface area (Å²) < 4.78 is 40.1. The van der Waals surface area contributed by atoms with Crippen LogP contribution in [0.15, 0.2) is 0 Å². The van der Waals surface area contributed by atoms with E-state index in [1.807, 2.05) is 0 Å². The van der Waals surface area contributed by atoms with Crippen LogP contribution in [-0.2, 0) is 52.3 Å². The summed E-state index contributed by atoms with van der Waals surface area (Å²) in [6, 6.07) is 0. The van der Waals surface area contributed by atoms with E-state index in [0.29, 0.717) is 6.42 Å². The molecule has 0 aromatic heterocycles. The molecule has 0 radical (unpaired) electrons. The largest absolute Gasteiger partial charge is 0.463 e. The highest BCUT2D eigenvalue weighted by atomic mass is 16.8. The smallest absolute Gasteiger partial charge is 0.308 e. The highest BCUT2D eigenvalue weighted by Crippen LogP contribution is 2.39. The van der Waals surface area contributed by atoms with Crippen LogP contribution in [-0.4, -0.2) is 119 Å². The van der Waals surface area contributed by atoms with Crippen molar-refractivity contribution in [2.75, 3.05) is 19.8 Å². The number of hydrogen-bond acceptors (Lipinski definition) is 15. The number of aliphatic hydroxyl groups is 4. The summed E-state index contributed by atoms with van der Waals surface area (Å²) in [4.78, 5) is 51.1. The third-order valence-electron chi connectivity index (χ3n) is 8.36. The molecule has 2 saturated heterocycles. The van der Waals surface area contributed by atoms with Crippen molar-refractivity contribution < 1.29 is 72.8 Å². The quantitative estimate of drug-likeness (QED) is 0.0809. The van der Waals surface area contributed by atoms with Crippen molar-refractivity contribution in [3.8, 4) is 0 Å². The summed E-state index contributed by atoms with van der Waals surface area (Å²) >= 11 is 0. The van der Waals surface area contributed by atoms with Crippen LogP contribution in [0.5, 0.6) is 0 Å². The maximum Gasteiger partial charge on any atom is 0.308 e. The van der Waals surface area contributed by atoms with Crippen LogP contribution in [0.25, 0.3) is 0 Å². The fourth-order valence-electron chi connectivity index (χ4n) is 5.29. The molecule has 0 bridgehead atoms. The summed E-state index contributed by atoms with van der Waals surface area (Å²) in [5.74, 6) is -7.14. The van der Waals surface area contributed by atoms with E-state index in [0.717, 1.165) is 38.5 Å². The minimum absolute atomic E-state index is 0.0189. The molecule has 15 nitrogen and oxygen atoms in total. The first-order valence-electron chi connectivity index (χ1n) is 17.5. The van der Waals surface area contributed by atoms with E-state index in [1.165, 1.54) is 0 Å². The number of carbonyl (C=O) groups excluding carboxylic acids is 4. The molecule has 2 heterocycles. The predicted molar refractivity (Wildman–Crippen MR) is 171 cm³/mol. The van der Waals surface area contributed by atoms with Crippen molar-refractivity contribution in [2.24, 2.45) is 17.8 Å².